The molecule has 4 rings (SSSR count). The first kappa shape index (κ1) is 14.6. The zero-order chi connectivity index (χ0) is 16.5. The Hall–Kier alpha value is -3.00. The molecule has 0 unspecified atom stereocenters. The van der Waals surface area contributed by atoms with E-state index in [2.05, 4.69) is 48.6 Å². The van der Waals surface area contributed by atoms with Gasteiger partial charge in [0.25, 0.3) is 0 Å². The molecular formula is C22H18O2. The summed E-state index contributed by atoms with van der Waals surface area (Å²) in [6.07, 6.45) is 4.23. The lowest BCUT2D eigenvalue weighted by molar-refractivity contribution is 0.413. The van der Waals surface area contributed by atoms with Gasteiger partial charge >= 0.3 is 0 Å². The van der Waals surface area contributed by atoms with Gasteiger partial charge in [-0.2, -0.15) is 0 Å². The van der Waals surface area contributed by atoms with Gasteiger partial charge in [0.1, 0.15) is 11.5 Å². The molecule has 0 amide bonds. The smallest absolute Gasteiger partial charge is 0.126 e. The van der Waals surface area contributed by atoms with Crippen LogP contribution >= 0.6 is 0 Å². The quantitative estimate of drug-likeness (QED) is 0.485. The van der Waals surface area contributed by atoms with Crippen LogP contribution in [-0.4, -0.2) is 14.2 Å². The summed E-state index contributed by atoms with van der Waals surface area (Å²) in [6, 6.07) is 20.8. The van der Waals surface area contributed by atoms with E-state index < -0.39 is 0 Å². The minimum atomic E-state index is 0.872. The number of ether oxygens (including phenoxy) is 2. The van der Waals surface area contributed by atoms with E-state index in [9.17, 15) is 0 Å². The fourth-order valence-electron chi connectivity index (χ4n) is 3.38. The van der Waals surface area contributed by atoms with E-state index in [1.54, 1.807) is 14.2 Å². The number of hydrogen-bond donors (Lipinski definition) is 0. The van der Waals surface area contributed by atoms with Gasteiger partial charge in [0.15, 0.2) is 0 Å². The molecule has 0 N–H and O–H groups in total. The van der Waals surface area contributed by atoms with Crippen molar-refractivity contribution < 1.29 is 9.47 Å². The van der Waals surface area contributed by atoms with Crippen LogP contribution in [0.15, 0.2) is 60.7 Å². The van der Waals surface area contributed by atoms with Gasteiger partial charge in [-0.1, -0.05) is 48.5 Å². The van der Waals surface area contributed by atoms with Crippen molar-refractivity contribution in [2.75, 3.05) is 14.2 Å². The normalized spacial score (nSPS) is 12.9. The summed E-state index contributed by atoms with van der Waals surface area (Å²) in [4.78, 5) is 0. The van der Waals surface area contributed by atoms with Crippen molar-refractivity contribution in [3.8, 4) is 33.8 Å². The van der Waals surface area contributed by atoms with E-state index in [0.29, 0.717) is 0 Å². The van der Waals surface area contributed by atoms with Crippen LogP contribution in [0.3, 0.4) is 0 Å². The first-order valence-corrected chi connectivity index (χ1v) is 7.95. The van der Waals surface area contributed by atoms with E-state index in [4.69, 9.17) is 9.47 Å². The Balaban J connectivity index is 2.12. The predicted molar refractivity (Wildman–Crippen MR) is 99.3 cm³/mol. The molecule has 0 fully saturated rings. The van der Waals surface area contributed by atoms with E-state index in [0.717, 1.165) is 22.6 Å². The largest absolute Gasteiger partial charge is 0.496 e. The fourth-order valence-corrected chi connectivity index (χ4v) is 3.38. The second-order valence-corrected chi connectivity index (χ2v) is 5.72. The summed E-state index contributed by atoms with van der Waals surface area (Å²) in [5.41, 5.74) is 6.92. The van der Waals surface area contributed by atoms with Gasteiger partial charge in [0.05, 0.1) is 14.2 Å². The Morgan fingerprint density at radius 3 is 1.33 bits per heavy atom. The molecule has 2 nitrogen and oxygen atoms in total. The van der Waals surface area contributed by atoms with Crippen LogP contribution in [-0.2, 0) is 0 Å². The lowest BCUT2D eigenvalue weighted by Crippen LogP contribution is -1.97. The molecule has 118 valence electrons. The van der Waals surface area contributed by atoms with Gasteiger partial charge in [-0.05, 0) is 46.5 Å². The summed E-state index contributed by atoms with van der Waals surface area (Å²) in [7, 11) is 3.42. The molecule has 3 aromatic rings. The number of methoxy groups -OCH3 is 2. The number of rotatable bonds is 2. The molecule has 0 spiro atoms. The average molecular weight is 314 g/mol. The zero-order valence-electron chi connectivity index (χ0n) is 13.7. The molecule has 1 aliphatic carbocycles. The lowest BCUT2D eigenvalue weighted by Gasteiger charge is -2.20. The first-order chi connectivity index (χ1) is 11.8. The van der Waals surface area contributed by atoms with Crippen molar-refractivity contribution >= 4 is 12.2 Å². The van der Waals surface area contributed by atoms with E-state index in [1.165, 1.54) is 22.3 Å². The minimum Gasteiger partial charge on any atom is -0.496 e. The summed E-state index contributed by atoms with van der Waals surface area (Å²) in [5.74, 6) is 1.74. The van der Waals surface area contributed by atoms with Crippen LogP contribution in [0.25, 0.3) is 34.4 Å². The molecule has 0 heterocycles. The van der Waals surface area contributed by atoms with Crippen LogP contribution in [0.1, 0.15) is 11.1 Å². The summed E-state index contributed by atoms with van der Waals surface area (Å²) in [6.45, 7) is 0. The van der Waals surface area contributed by atoms with Gasteiger partial charge in [0.2, 0.25) is 0 Å². The summed E-state index contributed by atoms with van der Waals surface area (Å²) < 4.78 is 11.2. The molecular weight excluding hydrogens is 296 g/mol. The standard InChI is InChI=1S/C22H18O2/c1-23-21-11-5-9-17-15-7-3-4-8-16(15)18-10-6-12-22(24-2)20(18)14-13-19(17)21/h3-14H,1-2H3/b14-13-,17-15?,18-16?,19-13?,20-14?. The zero-order valence-corrected chi connectivity index (χ0v) is 13.7. The number of benzene rings is 3. The highest BCUT2D eigenvalue weighted by Crippen LogP contribution is 2.43. The van der Waals surface area contributed by atoms with E-state index in [-0.39, 0.29) is 0 Å². The van der Waals surface area contributed by atoms with Crippen LogP contribution in [0, 0.1) is 0 Å². The van der Waals surface area contributed by atoms with Crippen molar-refractivity contribution in [2.24, 2.45) is 0 Å². The molecule has 3 aromatic carbocycles. The van der Waals surface area contributed by atoms with Crippen molar-refractivity contribution in [1.82, 2.24) is 0 Å². The molecule has 0 atom stereocenters. The van der Waals surface area contributed by atoms with Gasteiger partial charge in [-0.25, -0.2) is 0 Å². The summed E-state index contributed by atoms with van der Waals surface area (Å²) in [5, 5.41) is 0. The SMILES string of the molecule is COc1cccc2c1/C=C\c1c(OC)cccc1-c1ccccc1-2. The molecule has 0 saturated heterocycles. The number of hydrogen-bond acceptors (Lipinski definition) is 2. The van der Waals surface area contributed by atoms with Crippen LogP contribution in [0.2, 0.25) is 0 Å². The van der Waals surface area contributed by atoms with Gasteiger partial charge < -0.3 is 9.47 Å². The third kappa shape index (κ3) is 2.19. The summed E-state index contributed by atoms with van der Waals surface area (Å²) >= 11 is 0. The third-order valence-electron chi connectivity index (χ3n) is 4.50. The van der Waals surface area contributed by atoms with Gasteiger partial charge in [0, 0.05) is 11.1 Å². The minimum absolute atomic E-state index is 0.872. The maximum atomic E-state index is 5.59. The molecule has 0 bridgehead atoms. The fraction of sp³-hybridized carbons (Fsp3) is 0.0909. The molecule has 0 radical (unpaired) electrons. The second kappa shape index (κ2) is 5.89. The van der Waals surface area contributed by atoms with Crippen LogP contribution < -0.4 is 9.47 Å². The maximum Gasteiger partial charge on any atom is 0.126 e. The monoisotopic (exact) mass is 314 g/mol. The highest BCUT2D eigenvalue weighted by atomic mass is 16.5. The van der Waals surface area contributed by atoms with Crippen molar-refractivity contribution in [2.45, 2.75) is 0 Å². The topological polar surface area (TPSA) is 18.5 Å². The molecule has 24 heavy (non-hydrogen) atoms. The molecule has 0 aromatic heterocycles. The molecule has 1 aliphatic rings. The maximum absolute atomic E-state index is 5.59. The van der Waals surface area contributed by atoms with E-state index >= 15 is 0 Å². The van der Waals surface area contributed by atoms with Crippen molar-refractivity contribution in [1.29, 1.82) is 0 Å². The molecule has 0 saturated carbocycles. The Labute approximate surface area is 142 Å². The third-order valence-corrected chi connectivity index (χ3v) is 4.50. The second-order valence-electron chi connectivity index (χ2n) is 5.72. The Morgan fingerprint density at radius 1 is 0.500 bits per heavy atom. The van der Waals surface area contributed by atoms with E-state index in [1.807, 2.05) is 24.3 Å². The van der Waals surface area contributed by atoms with Crippen LogP contribution in [0.5, 0.6) is 11.5 Å². The van der Waals surface area contributed by atoms with Gasteiger partial charge in [-0.15, -0.1) is 0 Å². The lowest BCUT2D eigenvalue weighted by atomic mass is 9.86. The average Bonchev–Trinajstić information content (AvgIpc) is 2.64. The molecule has 0 aliphatic heterocycles. The Bertz CT molecular complexity index is 862. The van der Waals surface area contributed by atoms with Crippen molar-refractivity contribution in [3.63, 3.8) is 0 Å². The van der Waals surface area contributed by atoms with Gasteiger partial charge in [-0.3, -0.25) is 0 Å². The Kier molecular flexibility index (Phi) is 3.58. The highest BCUT2D eigenvalue weighted by Gasteiger charge is 2.18. The first-order valence-electron chi connectivity index (χ1n) is 7.95. The number of fused-ring (bicyclic) bond motifs is 5. The predicted octanol–water partition coefficient (Wildman–Crippen LogP) is 5.52. The van der Waals surface area contributed by atoms with Crippen molar-refractivity contribution in [3.05, 3.63) is 71.8 Å². The molecule has 2 heteroatoms. The highest BCUT2D eigenvalue weighted by molar-refractivity contribution is 5.97. The van der Waals surface area contributed by atoms with Crippen LogP contribution in [0.4, 0.5) is 0 Å². The Morgan fingerprint density at radius 2 is 0.917 bits per heavy atom.